The SMILES string of the molecule is CCC(=O)N1c2ccc(C(=O)c3ccccc3)cc2NC2=C(C(=O)CC(C)(C)C2)C1c1ccc2c(c1)OCO2. The average Bonchev–Trinajstić information content (AvgIpc) is 3.34. The highest BCUT2D eigenvalue weighted by Gasteiger charge is 2.43. The van der Waals surface area contributed by atoms with E-state index in [4.69, 9.17) is 9.47 Å². The molecule has 6 rings (SSSR count). The molecular formula is C32H30N2O5. The van der Waals surface area contributed by atoms with Gasteiger partial charge in [-0.25, -0.2) is 0 Å². The van der Waals surface area contributed by atoms with Gasteiger partial charge in [-0.1, -0.05) is 57.2 Å². The third-order valence-electron chi connectivity index (χ3n) is 7.57. The molecule has 1 atom stereocenters. The minimum Gasteiger partial charge on any atom is -0.454 e. The number of rotatable bonds is 4. The Labute approximate surface area is 227 Å². The minimum absolute atomic E-state index is 0.00119. The number of allylic oxidation sites excluding steroid dienone is 1. The number of nitrogens with one attached hydrogen (secondary N) is 1. The Kier molecular flexibility index (Phi) is 6.02. The lowest BCUT2D eigenvalue weighted by atomic mass is 9.73. The maximum Gasteiger partial charge on any atom is 0.231 e. The Bertz CT molecular complexity index is 1540. The third-order valence-corrected chi connectivity index (χ3v) is 7.57. The van der Waals surface area contributed by atoms with Crippen LogP contribution in [0, 0.1) is 5.41 Å². The van der Waals surface area contributed by atoms with Gasteiger partial charge >= 0.3 is 0 Å². The second-order valence-corrected chi connectivity index (χ2v) is 11.0. The summed E-state index contributed by atoms with van der Waals surface area (Å²) in [5.74, 6) is 0.976. The Balaban J connectivity index is 1.56. The number of carbonyl (C=O) groups is 3. The molecule has 198 valence electrons. The zero-order valence-electron chi connectivity index (χ0n) is 22.2. The number of ether oxygens (including phenoxy) is 2. The van der Waals surface area contributed by atoms with E-state index in [2.05, 4.69) is 19.2 Å². The van der Waals surface area contributed by atoms with Gasteiger partial charge in [-0.2, -0.15) is 0 Å². The monoisotopic (exact) mass is 522 g/mol. The summed E-state index contributed by atoms with van der Waals surface area (Å²) in [6.07, 6.45) is 1.24. The second kappa shape index (κ2) is 9.42. The van der Waals surface area contributed by atoms with Crippen molar-refractivity contribution in [1.82, 2.24) is 0 Å². The first-order chi connectivity index (χ1) is 18.8. The Morgan fingerprint density at radius 1 is 0.949 bits per heavy atom. The molecule has 0 bridgehead atoms. The topological polar surface area (TPSA) is 84.9 Å². The van der Waals surface area contributed by atoms with Crippen LogP contribution in [0.3, 0.4) is 0 Å². The van der Waals surface area contributed by atoms with Crippen LogP contribution in [0.1, 0.15) is 67.6 Å². The van der Waals surface area contributed by atoms with Gasteiger partial charge in [0.1, 0.15) is 0 Å². The van der Waals surface area contributed by atoms with Crippen molar-refractivity contribution in [2.75, 3.05) is 17.0 Å². The summed E-state index contributed by atoms with van der Waals surface area (Å²) in [4.78, 5) is 42.6. The van der Waals surface area contributed by atoms with Crippen LogP contribution in [0.25, 0.3) is 0 Å². The van der Waals surface area contributed by atoms with E-state index in [0.29, 0.717) is 52.4 Å². The van der Waals surface area contributed by atoms with Gasteiger partial charge in [0.15, 0.2) is 23.1 Å². The van der Waals surface area contributed by atoms with Gasteiger partial charge in [0, 0.05) is 35.2 Å². The molecule has 0 radical (unpaired) electrons. The molecule has 3 aromatic rings. The molecule has 1 unspecified atom stereocenters. The zero-order chi connectivity index (χ0) is 27.3. The van der Waals surface area contributed by atoms with Gasteiger partial charge in [0.05, 0.1) is 17.4 Å². The molecule has 0 fully saturated rings. The van der Waals surface area contributed by atoms with Crippen molar-refractivity contribution in [3.05, 3.63) is 94.7 Å². The Hall–Kier alpha value is -4.39. The van der Waals surface area contributed by atoms with Gasteiger partial charge in [0.2, 0.25) is 12.7 Å². The van der Waals surface area contributed by atoms with Crippen molar-refractivity contribution in [2.24, 2.45) is 5.41 Å². The highest BCUT2D eigenvalue weighted by Crippen LogP contribution is 2.49. The minimum atomic E-state index is -0.657. The standard InChI is InChI=1S/C32H30N2O5/c1-4-28(36)34-24-12-10-21(31(37)19-8-6-5-7-9-19)14-22(24)33-23-16-32(2,3)17-25(35)29(23)30(34)20-11-13-26-27(15-20)39-18-38-26/h5-15,30,33H,4,16-18H2,1-3H3. The van der Waals surface area contributed by atoms with Crippen LogP contribution >= 0.6 is 0 Å². The predicted molar refractivity (Wildman–Crippen MR) is 148 cm³/mol. The molecule has 1 aliphatic carbocycles. The highest BCUT2D eigenvalue weighted by molar-refractivity contribution is 6.11. The maximum absolute atomic E-state index is 13.8. The summed E-state index contributed by atoms with van der Waals surface area (Å²) in [5.41, 5.74) is 4.18. The second-order valence-electron chi connectivity index (χ2n) is 11.0. The van der Waals surface area contributed by atoms with Crippen molar-refractivity contribution >= 4 is 28.8 Å². The maximum atomic E-state index is 13.8. The molecule has 39 heavy (non-hydrogen) atoms. The normalized spacial score (nSPS) is 19.1. The number of benzene rings is 3. The molecule has 2 heterocycles. The fraction of sp³-hybridized carbons (Fsp3) is 0.281. The molecular weight excluding hydrogens is 492 g/mol. The zero-order valence-corrected chi connectivity index (χ0v) is 22.2. The van der Waals surface area contributed by atoms with E-state index in [1.54, 1.807) is 35.2 Å². The summed E-state index contributed by atoms with van der Waals surface area (Å²) in [7, 11) is 0. The van der Waals surface area contributed by atoms with Gasteiger partial charge in [-0.3, -0.25) is 19.3 Å². The summed E-state index contributed by atoms with van der Waals surface area (Å²) in [5, 5.41) is 3.51. The highest BCUT2D eigenvalue weighted by atomic mass is 16.7. The molecule has 7 heteroatoms. The van der Waals surface area contributed by atoms with Crippen molar-refractivity contribution < 1.29 is 23.9 Å². The summed E-state index contributed by atoms with van der Waals surface area (Å²) in [6, 6.07) is 19.4. The van der Waals surface area contributed by atoms with Crippen LogP contribution in [0.15, 0.2) is 78.0 Å². The number of hydrogen-bond donors (Lipinski definition) is 1. The molecule has 3 aromatic carbocycles. The van der Waals surface area contributed by atoms with Crippen LogP contribution in [-0.4, -0.2) is 24.3 Å². The number of fused-ring (bicyclic) bond motifs is 2. The number of nitrogens with zero attached hydrogens (tertiary/aromatic N) is 1. The van der Waals surface area contributed by atoms with Gasteiger partial charge in [-0.05, 0) is 47.7 Å². The van der Waals surface area contributed by atoms with Crippen molar-refractivity contribution in [2.45, 2.75) is 46.1 Å². The van der Waals surface area contributed by atoms with Crippen LogP contribution in [0.2, 0.25) is 0 Å². The number of amides is 1. The van der Waals surface area contributed by atoms with E-state index < -0.39 is 6.04 Å². The first kappa shape index (κ1) is 24.9. The first-order valence-electron chi connectivity index (χ1n) is 13.2. The van der Waals surface area contributed by atoms with Crippen LogP contribution in [0.4, 0.5) is 11.4 Å². The quantitative estimate of drug-likeness (QED) is 0.411. The Morgan fingerprint density at radius 2 is 1.72 bits per heavy atom. The predicted octanol–water partition coefficient (Wildman–Crippen LogP) is 6.20. The van der Waals surface area contributed by atoms with E-state index >= 15 is 0 Å². The number of hydrogen-bond acceptors (Lipinski definition) is 6. The van der Waals surface area contributed by atoms with Gasteiger partial charge in [-0.15, -0.1) is 0 Å². The summed E-state index contributed by atoms with van der Waals surface area (Å²) < 4.78 is 11.2. The molecule has 7 nitrogen and oxygen atoms in total. The number of anilines is 2. The van der Waals surface area contributed by atoms with Crippen molar-refractivity contribution in [3.63, 3.8) is 0 Å². The molecule has 0 spiro atoms. The molecule has 0 saturated heterocycles. The fourth-order valence-electron chi connectivity index (χ4n) is 5.79. The van der Waals surface area contributed by atoms with E-state index in [-0.39, 0.29) is 36.1 Å². The first-order valence-corrected chi connectivity index (χ1v) is 13.2. The van der Waals surface area contributed by atoms with Gasteiger partial charge in [0.25, 0.3) is 0 Å². The van der Waals surface area contributed by atoms with Crippen LogP contribution in [-0.2, 0) is 9.59 Å². The lowest BCUT2D eigenvalue weighted by Gasteiger charge is -2.37. The van der Waals surface area contributed by atoms with Crippen LogP contribution < -0.4 is 19.7 Å². The van der Waals surface area contributed by atoms with E-state index in [9.17, 15) is 14.4 Å². The van der Waals surface area contributed by atoms with Crippen molar-refractivity contribution in [3.8, 4) is 11.5 Å². The van der Waals surface area contributed by atoms with Crippen molar-refractivity contribution in [1.29, 1.82) is 0 Å². The molecule has 3 aliphatic rings. The molecule has 0 aromatic heterocycles. The number of Topliss-reactive ketones (excluding diaryl/α,β-unsaturated/α-hetero) is 1. The molecule has 0 saturated carbocycles. The smallest absolute Gasteiger partial charge is 0.231 e. The lowest BCUT2D eigenvalue weighted by Crippen LogP contribution is -2.39. The number of carbonyl (C=O) groups excluding carboxylic acids is 3. The van der Waals surface area contributed by atoms with E-state index in [1.165, 1.54) is 0 Å². The molecule has 1 amide bonds. The summed E-state index contributed by atoms with van der Waals surface area (Å²) >= 11 is 0. The van der Waals surface area contributed by atoms with Crippen LogP contribution in [0.5, 0.6) is 11.5 Å². The number of ketones is 2. The molecule has 1 N–H and O–H groups in total. The largest absolute Gasteiger partial charge is 0.454 e. The van der Waals surface area contributed by atoms with E-state index in [1.807, 2.05) is 43.3 Å². The van der Waals surface area contributed by atoms with Gasteiger partial charge < -0.3 is 14.8 Å². The van der Waals surface area contributed by atoms with E-state index in [0.717, 1.165) is 11.3 Å². The summed E-state index contributed by atoms with van der Waals surface area (Å²) in [6.45, 7) is 6.08. The average molecular weight is 523 g/mol. The Morgan fingerprint density at radius 3 is 2.49 bits per heavy atom. The lowest BCUT2D eigenvalue weighted by molar-refractivity contribution is -0.119. The fourth-order valence-corrected chi connectivity index (χ4v) is 5.79. The molecule has 2 aliphatic heterocycles. The third kappa shape index (κ3) is 4.38.